The van der Waals surface area contributed by atoms with Crippen molar-refractivity contribution in [3.8, 4) is 0 Å². The van der Waals surface area contributed by atoms with Crippen LogP contribution in [0.5, 0.6) is 0 Å². The first-order chi connectivity index (χ1) is 9.38. The van der Waals surface area contributed by atoms with Crippen LogP contribution < -0.4 is 4.72 Å². The van der Waals surface area contributed by atoms with Gasteiger partial charge in [-0.15, -0.1) is 0 Å². The molecule has 0 saturated carbocycles. The third-order valence-corrected chi connectivity index (χ3v) is 4.26. The molecule has 0 aliphatic rings. The van der Waals surface area contributed by atoms with Crippen molar-refractivity contribution in [1.29, 1.82) is 0 Å². The van der Waals surface area contributed by atoms with Gasteiger partial charge in [0.2, 0.25) is 10.0 Å². The zero-order valence-electron chi connectivity index (χ0n) is 11.3. The molecule has 0 aliphatic carbocycles. The van der Waals surface area contributed by atoms with E-state index in [9.17, 15) is 13.5 Å². The molecular formula is C13H17N3O3S. The molecule has 0 amide bonds. The van der Waals surface area contributed by atoms with Crippen molar-refractivity contribution >= 4 is 10.0 Å². The third-order valence-electron chi connectivity index (χ3n) is 2.86. The van der Waals surface area contributed by atoms with Crippen LogP contribution in [0.15, 0.2) is 41.4 Å². The van der Waals surface area contributed by atoms with Gasteiger partial charge in [-0.1, -0.05) is 12.1 Å². The minimum atomic E-state index is -3.62. The summed E-state index contributed by atoms with van der Waals surface area (Å²) in [5.41, 5.74) is 1.20. The fourth-order valence-corrected chi connectivity index (χ4v) is 2.80. The van der Waals surface area contributed by atoms with Crippen LogP contribution in [-0.2, 0) is 23.6 Å². The second-order valence-electron chi connectivity index (χ2n) is 4.55. The number of nitrogens with one attached hydrogen (secondary N) is 1. The Hall–Kier alpha value is -1.70. The smallest absolute Gasteiger partial charge is 0.240 e. The lowest BCUT2D eigenvalue weighted by atomic mass is 10.1. The first-order valence-corrected chi connectivity index (χ1v) is 7.63. The molecule has 0 aliphatic heterocycles. The highest BCUT2D eigenvalue weighted by atomic mass is 32.2. The molecule has 1 unspecified atom stereocenters. The highest BCUT2D eigenvalue weighted by Gasteiger charge is 2.15. The maximum Gasteiger partial charge on any atom is 0.240 e. The van der Waals surface area contributed by atoms with Crippen LogP contribution in [0.1, 0.15) is 24.3 Å². The Morgan fingerprint density at radius 3 is 2.75 bits per heavy atom. The summed E-state index contributed by atoms with van der Waals surface area (Å²) >= 11 is 0. The minimum absolute atomic E-state index is 0.127. The molecule has 0 bridgehead atoms. The Labute approximate surface area is 118 Å². The van der Waals surface area contributed by atoms with Crippen LogP contribution in [0.25, 0.3) is 0 Å². The van der Waals surface area contributed by atoms with E-state index in [0.29, 0.717) is 11.3 Å². The van der Waals surface area contributed by atoms with Gasteiger partial charge in [0.05, 0.1) is 23.2 Å². The minimum Gasteiger partial charge on any atom is -0.389 e. The average Bonchev–Trinajstić information content (AvgIpc) is 2.82. The van der Waals surface area contributed by atoms with E-state index in [2.05, 4.69) is 9.82 Å². The van der Waals surface area contributed by atoms with Gasteiger partial charge in [0.25, 0.3) is 0 Å². The lowest BCUT2D eigenvalue weighted by Gasteiger charge is -2.09. The van der Waals surface area contributed by atoms with Gasteiger partial charge >= 0.3 is 0 Å². The maximum atomic E-state index is 12.2. The molecule has 6 nitrogen and oxygen atoms in total. The second-order valence-corrected chi connectivity index (χ2v) is 6.32. The fourth-order valence-electron chi connectivity index (χ4n) is 1.75. The lowest BCUT2D eigenvalue weighted by Crippen LogP contribution is -2.23. The van der Waals surface area contributed by atoms with Gasteiger partial charge in [0, 0.05) is 13.2 Å². The number of benzene rings is 1. The maximum absolute atomic E-state index is 12.2. The molecule has 0 spiro atoms. The molecule has 1 aromatic heterocycles. The van der Waals surface area contributed by atoms with Gasteiger partial charge in [0.15, 0.2) is 0 Å². The van der Waals surface area contributed by atoms with Crippen molar-refractivity contribution in [2.24, 2.45) is 7.05 Å². The Balaban J connectivity index is 2.15. The number of aliphatic hydroxyl groups excluding tert-OH is 1. The highest BCUT2D eigenvalue weighted by molar-refractivity contribution is 7.89. The van der Waals surface area contributed by atoms with Crippen LogP contribution in [0, 0.1) is 0 Å². The summed E-state index contributed by atoms with van der Waals surface area (Å²) in [5, 5.41) is 13.6. The van der Waals surface area contributed by atoms with E-state index in [1.165, 1.54) is 12.1 Å². The molecular weight excluding hydrogens is 278 g/mol. The van der Waals surface area contributed by atoms with E-state index >= 15 is 0 Å². The van der Waals surface area contributed by atoms with Crippen molar-refractivity contribution in [3.05, 3.63) is 47.8 Å². The predicted molar refractivity (Wildman–Crippen MR) is 74.3 cm³/mol. The number of nitrogens with zero attached hydrogens (tertiary/aromatic N) is 2. The van der Waals surface area contributed by atoms with Crippen molar-refractivity contribution < 1.29 is 13.5 Å². The van der Waals surface area contributed by atoms with Gasteiger partial charge in [-0.2, -0.15) is 5.10 Å². The van der Waals surface area contributed by atoms with E-state index in [0.717, 1.165) is 0 Å². The number of aliphatic hydroxyl groups is 1. The summed E-state index contributed by atoms with van der Waals surface area (Å²) in [6.07, 6.45) is 1.04. The molecule has 1 aromatic carbocycles. The fraction of sp³-hybridized carbons (Fsp3) is 0.308. The van der Waals surface area contributed by atoms with Crippen LogP contribution in [-0.4, -0.2) is 23.3 Å². The molecule has 108 valence electrons. The van der Waals surface area contributed by atoms with Crippen LogP contribution >= 0.6 is 0 Å². The molecule has 20 heavy (non-hydrogen) atoms. The van der Waals surface area contributed by atoms with Crippen molar-refractivity contribution in [2.75, 3.05) is 0 Å². The SMILES string of the molecule is CC(O)c1cccc(S(=O)(=O)NCc2ccn(C)n2)c1. The molecule has 0 radical (unpaired) electrons. The zero-order valence-corrected chi connectivity index (χ0v) is 12.1. The third kappa shape index (κ3) is 3.44. The topological polar surface area (TPSA) is 84.2 Å². The average molecular weight is 295 g/mol. The van der Waals surface area contributed by atoms with Crippen LogP contribution in [0.4, 0.5) is 0 Å². The quantitative estimate of drug-likeness (QED) is 0.860. The molecule has 2 N–H and O–H groups in total. The van der Waals surface area contributed by atoms with E-state index in [1.54, 1.807) is 43.0 Å². The Bertz CT molecular complexity index is 692. The van der Waals surface area contributed by atoms with E-state index in [4.69, 9.17) is 0 Å². The van der Waals surface area contributed by atoms with Gasteiger partial charge in [-0.3, -0.25) is 4.68 Å². The number of hydrogen-bond acceptors (Lipinski definition) is 4. The largest absolute Gasteiger partial charge is 0.389 e. The summed E-state index contributed by atoms with van der Waals surface area (Å²) in [7, 11) is -1.85. The summed E-state index contributed by atoms with van der Waals surface area (Å²) in [6, 6.07) is 7.99. The van der Waals surface area contributed by atoms with Crippen molar-refractivity contribution in [1.82, 2.24) is 14.5 Å². The van der Waals surface area contributed by atoms with Crippen molar-refractivity contribution in [2.45, 2.75) is 24.5 Å². The van der Waals surface area contributed by atoms with Gasteiger partial charge in [-0.05, 0) is 30.7 Å². The highest BCUT2D eigenvalue weighted by Crippen LogP contribution is 2.17. The van der Waals surface area contributed by atoms with Gasteiger partial charge in [-0.25, -0.2) is 13.1 Å². The molecule has 2 rings (SSSR count). The van der Waals surface area contributed by atoms with E-state index in [-0.39, 0.29) is 11.4 Å². The number of hydrogen-bond donors (Lipinski definition) is 2. The first kappa shape index (κ1) is 14.7. The number of aromatic nitrogens is 2. The number of rotatable bonds is 5. The first-order valence-electron chi connectivity index (χ1n) is 6.15. The summed E-state index contributed by atoms with van der Waals surface area (Å²) in [4.78, 5) is 0.131. The molecule has 1 atom stereocenters. The van der Waals surface area contributed by atoms with E-state index in [1.807, 2.05) is 0 Å². The van der Waals surface area contributed by atoms with Crippen LogP contribution in [0.3, 0.4) is 0 Å². The summed E-state index contributed by atoms with van der Waals surface area (Å²) in [6.45, 7) is 1.72. The normalized spacial score (nSPS) is 13.3. The Kier molecular flexibility index (Phi) is 4.22. The summed E-state index contributed by atoms with van der Waals surface area (Å²) in [5.74, 6) is 0. The van der Waals surface area contributed by atoms with Gasteiger partial charge in [0.1, 0.15) is 0 Å². The predicted octanol–water partition coefficient (Wildman–Crippen LogP) is 0.952. The van der Waals surface area contributed by atoms with E-state index < -0.39 is 16.1 Å². The molecule has 0 fully saturated rings. The van der Waals surface area contributed by atoms with Crippen molar-refractivity contribution in [3.63, 3.8) is 0 Å². The molecule has 2 aromatic rings. The molecule has 7 heteroatoms. The molecule has 0 saturated heterocycles. The monoisotopic (exact) mass is 295 g/mol. The zero-order chi connectivity index (χ0) is 14.8. The summed E-state index contributed by atoms with van der Waals surface area (Å²) < 4.78 is 28.4. The second kappa shape index (κ2) is 5.74. The molecule has 1 heterocycles. The lowest BCUT2D eigenvalue weighted by molar-refractivity contribution is 0.199. The number of sulfonamides is 1. The number of aryl methyl sites for hydroxylation is 1. The Morgan fingerprint density at radius 2 is 2.15 bits per heavy atom. The van der Waals surface area contributed by atoms with Crippen LogP contribution in [0.2, 0.25) is 0 Å². The van der Waals surface area contributed by atoms with Gasteiger partial charge < -0.3 is 5.11 Å². The standard InChI is InChI=1S/C13H17N3O3S/c1-10(17)11-4-3-5-13(8-11)20(18,19)14-9-12-6-7-16(2)15-12/h3-8,10,14,17H,9H2,1-2H3. The Morgan fingerprint density at radius 1 is 1.40 bits per heavy atom.